The highest BCUT2D eigenvalue weighted by Gasteiger charge is 2.19. The normalized spacial score (nSPS) is 10.7. The fourth-order valence-electron chi connectivity index (χ4n) is 2.07. The van der Waals surface area contributed by atoms with Crippen LogP contribution in [0.3, 0.4) is 0 Å². The zero-order chi connectivity index (χ0) is 14.3. The molecule has 1 aromatic heterocycles. The maximum atomic E-state index is 10.9. The van der Waals surface area contributed by atoms with E-state index in [1.807, 2.05) is 13.0 Å². The van der Waals surface area contributed by atoms with Crippen molar-refractivity contribution in [3.05, 3.63) is 34.0 Å². The molecule has 0 saturated heterocycles. The van der Waals surface area contributed by atoms with Gasteiger partial charge in [-0.2, -0.15) is 5.10 Å². The summed E-state index contributed by atoms with van der Waals surface area (Å²) >= 11 is 6.03. The molecule has 2 rings (SSSR count). The molecule has 19 heavy (non-hydrogen) atoms. The van der Waals surface area contributed by atoms with Gasteiger partial charge in [0.05, 0.1) is 10.7 Å². The van der Waals surface area contributed by atoms with Crippen LogP contribution < -0.4 is 0 Å². The molecular weight excluding hydrogens is 268 g/mol. The lowest BCUT2D eigenvalue weighted by molar-refractivity contribution is 0.0689. The van der Waals surface area contributed by atoms with Gasteiger partial charge in [-0.15, -0.1) is 0 Å². The molecule has 0 aliphatic heterocycles. The van der Waals surface area contributed by atoms with E-state index in [2.05, 4.69) is 5.10 Å². The number of carboxylic acids is 1. The number of phenols is 1. The predicted molar refractivity (Wildman–Crippen MR) is 71.8 cm³/mol. The van der Waals surface area contributed by atoms with E-state index in [0.717, 1.165) is 11.1 Å². The van der Waals surface area contributed by atoms with Crippen molar-refractivity contribution in [2.45, 2.75) is 13.8 Å². The van der Waals surface area contributed by atoms with E-state index in [1.165, 1.54) is 10.7 Å². The molecule has 2 aromatic rings. The minimum atomic E-state index is -1.11. The van der Waals surface area contributed by atoms with Crippen LogP contribution in [0, 0.1) is 13.8 Å². The Morgan fingerprint density at radius 1 is 1.32 bits per heavy atom. The number of aryl methyl sites for hydroxylation is 3. The Hall–Kier alpha value is -2.01. The third kappa shape index (κ3) is 2.17. The smallest absolute Gasteiger partial charge is 0.356 e. The molecule has 0 atom stereocenters. The second-order valence-electron chi connectivity index (χ2n) is 4.39. The first-order chi connectivity index (χ1) is 8.82. The number of nitrogens with zero attached hydrogens (tertiary/aromatic N) is 2. The number of benzene rings is 1. The van der Waals surface area contributed by atoms with Crippen LogP contribution in [0.25, 0.3) is 11.3 Å². The quantitative estimate of drug-likeness (QED) is 0.887. The minimum absolute atomic E-state index is 0.0564. The zero-order valence-electron chi connectivity index (χ0n) is 10.7. The van der Waals surface area contributed by atoms with Gasteiger partial charge in [0.15, 0.2) is 5.69 Å². The number of aromatic hydroxyl groups is 1. The van der Waals surface area contributed by atoms with Crippen LogP contribution in [0.15, 0.2) is 12.1 Å². The van der Waals surface area contributed by atoms with Crippen LogP contribution in [0.4, 0.5) is 0 Å². The maximum Gasteiger partial charge on any atom is 0.356 e. The number of rotatable bonds is 2. The van der Waals surface area contributed by atoms with Gasteiger partial charge in [-0.25, -0.2) is 4.79 Å². The van der Waals surface area contributed by atoms with Gasteiger partial charge < -0.3 is 10.2 Å². The Bertz CT molecular complexity index is 677. The first kappa shape index (κ1) is 13.4. The molecule has 0 unspecified atom stereocenters. The SMILES string of the molecule is Cc1cc(C)c(-c2cc(C(=O)O)nn2C)c(O)c1Cl. The molecule has 1 heterocycles. The summed E-state index contributed by atoms with van der Waals surface area (Å²) in [6, 6.07) is 3.25. The molecule has 6 heteroatoms. The van der Waals surface area contributed by atoms with Crippen molar-refractivity contribution in [3.63, 3.8) is 0 Å². The number of aromatic carboxylic acids is 1. The second-order valence-corrected chi connectivity index (χ2v) is 4.77. The van der Waals surface area contributed by atoms with Gasteiger partial charge in [0, 0.05) is 12.6 Å². The van der Waals surface area contributed by atoms with Gasteiger partial charge in [0.25, 0.3) is 0 Å². The summed E-state index contributed by atoms with van der Waals surface area (Å²) in [6.07, 6.45) is 0. The van der Waals surface area contributed by atoms with Gasteiger partial charge in [-0.05, 0) is 31.0 Å². The van der Waals surface area contributed by atoms with Crippen LogP contribution in [-0.4, -0.2) is 26.0 Å². The Morgan fingerprint density at radius 2 is 1.95 bits per heavy atom. The molecule has 0 saturated carbocycles. The van der Waals surface area contributed by atoms with Gasteiger partial charge in [-0.3, -0.25) is 4.68 Å². The van der Waals surface area contributed by atoms with E-state index < -0.39 is 5.97 Å². The molecule has 0 aliphatic rings. The Labute approximate surface area is 115 Å². The van der Waals surface area contributed by atoms with Crippen molar-refractivity contribution in [2.75, 3.05) is 0 Å². The van der Waals surface area contributed by atoms with Crippen LogP contribution in [-0.2, 0) is 7.05 Å². The van der Waals surface area contributed by atoms with Crippen molar-refractivity contribution < 1.29 is 15.0 Å². The molecule has 0 aliphatic carbocycles. The van der Waals surface area contributed by atoms with Gasteiger partial charge in [0.2, 0.25) is 0 Å². The van der Waals surface area contributed by atoms with Gasteiger partial charge in [-0.1, -0.05) is 17.7 Å². The van der Waals surface area contributed by atoms with Crippen molar-refractivity contribution in [2.24, 2.45) is 7.05 Å². The summed E-state index contributed by atoms with van der Waals surface area (Å²) in [5.41, 5.74) is 2.50. The van der Waals surface area contributed by atoms with Crippen molar-refractivity contribution in [1.82, 2.24) is 9.78 Å². The zero-order valence-corrected chi connectivity index (χ0v) is 11.5. The Balaban J connectivity index is 2.72. The Kier molecular flexibility index (Phi) is 3.24. The summed E-state index contributed by atoms with van der Waals surface area (Å²) in [4.78, 5) is 10.9. The summed E-state index contributed by atoms with van der Waals surface area (Å²) in [7, 11) is 1.62. The first-order valence-electron chi connectivity index (χ1n) is 5.59. The molecule has 0 amide bonds. The summed E-state index contributed by atoms with van der Waals surface area (Å²) in [5, 5.41) is 23.3. The monoisotopic (exact) mass is 280 g/mol. The number of carboxylic acid groups (broad SMARTS) is 1. The van der Waals surface area contributed by atoms with Crippen LogP contribution in [0.2, 0.25) is 5.02 Å². The van der Waals surface area contributed by atoms with E-state index >= 15 is 0 Å². The number of carbonyl (C=O) groups is 1. The number of phenolic OH excluding ortho intramolecular Hbond substituents is 1. The lowest BCUT2D eigenvalue weighted by atomic mass is 10.0. The molecule has 100 valence electrons. The molecule has 1 aromatic carbocycles. The molecule has 0 spiro atoms. The number of hydrogen-bond donors (Lipinski definition) is 2. The lowest BCUT2D eigenvalue weighted by Crippen LogP contribution is -1.99. The van der Waals surface area contributed by atoms with Crippen LogP contribution >= 0.6 is 11.6 Å². The molecular formula is C13H13ClN2O3. The van der Waals surface area contributed by atoms with E-state index in [4.69, 9.17) is 16.7 Å². The first-order valence-corrected chi connectivity index (χ1v) is 5.97. The van der Waals surface area contributed by atoms with Crippen molar-refractivity contribution >= 4 is 17.6 Å². The third-order valence-electron chi connectivity index (χ3n) is 2.97. The van der Waals surface area contributed by atoms with E-state index in [1.54, 1.807) is 14.0 Å². The molecule has 0 bridgehead atoms. The fourth-order valence-corrected chi connectivity index (χ4v) is 2.22. The largest absolute Gasteiger partial charge is 0.506 e. The molecule has 2 N–H and O–H groups in total. The Morgan fingerprint density at radius 3 is 2.47 bits per heavy atom. The van der Waals surface area contributed by atoms with Crippen molar-refractivity contribution in [3.8, 4) is 17.0 Å². The highest BCUT2D eigenvalue weighted by Crippen LogP contribution is 2.39. The van der Waals surface area contributed by atoms with Crippen LogP contribution in [0.5, 0.6) is 5.75 Å². The minimum Gasteiger partial charge on any atom is -0.506 e. The molecule has 5 nitrogen and oxygen atoms in total. The fraction of sp³-hybridized carbons (Fsp3) is 0.231. The second kappa shape index (κ2) is 4.59. The molecule has 0 fully saturated rings. The van der Waals surface area contributed by atoms with E-state index in [0.29, 0.717) is 11.3 Å². The standard InChI is InChI=1S/C13H13ClN2O3/c1-6-4-7(2)11(14)12(17)10(6)9-5-8(13(18)19)15-16(9)3/h4-5,17H,1-3H3,(H,18,19). The predicted octanol–water partition coefficient (Wildman–Crippen LogP) is 2.76. The van der Waals surface area contributed by atoms with Gasteiger partial charge in [0.1, 0.15) is 5.75 Å². The number of hydrogen-bond acceptors (Lipinski definition) is 3. The van der Waals surface area contributed by atoms with E-state index in [-0.39, 0.29) is 16.5 Å². The van der Waals surface area contributed by atoms with Gasteiger partial charge >= 0.3 is 5.97 Å². The van der Waals surface area contributed by atoms with Crippen LogP contribution in [0.1, 0.15) is 21.6 Å². The summed E-state index contributed by atoms with van der Waals surface area (Å²) in [5.74, 6) is -1.17. The average molecular weight is 281 g/mol. The summed E-state index contributed by atoms with van der Waals surface area (Å²) < 4.78 is 1.41. The lowest BCUT2D eigenvalue weighted by Gasteiger charge is -2.12. The summed E-state index contributed by atoms with van der Waals surface area (Å²) in [6.45, 7) is 3.62. The highest BCUT2D eigenvalue weighted by molar-refractivity contribution is 6.33. The average Bonchev–Trinajstić information content (AvgIpc) is 2.69. The highest BCUT2D eigenvalue weighted by atomic mass is 35.5. The topological polar surface area (TPSA) is 75.3 Å². The van der Waals surface area contributed by atoms with Crippen molar-refractivity contribution in [1.29, 1.82) is 0 Å². The molecule has 0 radical (unpaired) electrons. The maximum absolute atomic E-state index is 10.9. The van der Waals surface area contributed by atoms with E-state index in [9.17, 15) is 9.90 Å². The number of halogens is 1. The number of aromatic nitrogens is 2. The third-order valence-corrected chi connectivity index (χ3v) is 3.45.